The lowest BCUT2D eigenvalue weighted by molar-refractivity contribution is -0.121. The molecule has 1 aliphatic heterocycles. The minimum absolute atomic E-state index is 0.0668. The molecule has 154 valence electrons. The summed E-state index contributed by atoms with van der Waals surface area (Å²) < 4.78 is 23.6. The second-order valence-corrected chi connectivity index (χ2v) is 9.76. The highest BCUT2D eigenvalue weighted by Gasteiger charge is 2.33. The molecule has 0 aliphatic carbocycles. The van der Waals surface area contributed by atoms with Crippen molar-refractivity contribution in [2.75, 3.05) is 18.1 Å². The van der Waals surface area contributed by atoms with Gasteiger partial charge >= 0.3 is 0 Å². The second kappa shape index (κ2) is 8.73. The molecule has 1 heterocycles. The van der Waals surface area contributed by atoms with Gasteiger partial charge in [-0.15, -0.1) is 0 Å². The van der Waals surface area contributed by atoms with Crippen LogP contribution >= 0.6 is 23.2 Å². The fourth-order valence-corrected chi connectivity index (χ4v) is 4.24. The van der Waals surface area contributed by atoms with Gasteiger partial charge in [-0.2, -0.15) is 0 Å². The van der Waals surface area contributed by atoms with E-state index in [-0.39, 0.29) is 22.3 Å². The van der Waals surface area contributed by atoms with E-state index in [1.807, 2.05) is 0 Å². The molecule has 0 spiro atoms. The van der Waals surface area contributed by atoms with Gasteiger partial charge in [-0.3, -0.25) is 9.59 Å². The molecule has 0 aromatic heterocycles. The van der Waals surface area contributed by atoms with Crippen LogP contribution in [0, 0.1) is 0 Å². The number of piperidine rings is 1. The van der Waals surface area contributed by atoms with Crippen molar-refractivity contribution in [3.8, 4) is 0 Å². The van der Waals surface area contributed by atoms with E-state index in [1.165, 1.54) is 23.1 Å². The Morgan fingerprint density at radius 3 is 2.52 bits per heavy atom. The van der Waals surface area contributed by atoms with Crippen LogP contribution in [0.1, 0.15) is 29.6 Å². The highest BCUT2D eigenvalue weighted by molar-refractivity contribution is 7.90. The lowest BCUT2D eigenvalue weighted by Crippen LogP contribution is -2.50. The molecule has 3 rings (SSSR count). The van der Waals surface area contributed by atoms with Gasteiger partial charge in [0, 0.05) is 24.1 Å². The summed E-state index contributed by atoms with van der Waals surface area (Å²) in [5.41, 5.74) is 0.726. The largest absolute Gasteiger partial charge is 0.327 e. The number of hydrogen-bond donors (Lipinski definition) is 1. The minimum Gasteiger partial charge on any atom is -0.327 e. The Kier molecular flexibility index (Phi) is 6.51. The number of likely N-dealkylation sites (tertiary alicyclic amines) is 1. The average Bonchev–Trinajstić information content (AvgIpc) is 2.69. The van der Waals surface area contributed by atoms with E-state index in [9.17, 15) is 18.0 Å². The molecular weight excluding hydrogens is 435 g/mol. The molecular formula is C20H20Cl2N2O4S. The molecule has 1 unspecified atom stereocenters. The van der Waals surface area contributed by atoms with Gasteiger partial charge in [0.25, 0.3) is 5.91 Å². The number of benzene rings is 2. The summed E-state index contributed by atoms with van der Waals surface area (Å²) in [5, 5.41) is 3.48. The Labute approximate surface area is 179 Å². The summed E-state index contributed by atoms with van der Waals surface area (Å²) in [6.45, 7) is 0.418. The lowest BCUT2D eigenvalue weighted by atomic mass is 10.00. The van der Waals surface area contributed by atoms with E-state index >= 15 is 0 Å². The molecule has 1 aliphatic rings. The van der Waals surface area contributed by atoms with Crippen molar-refractivity contribution in [1.82, 2.24) is 4.90 Å². The highest BCUT2D eigenvalue weighted by atomic mass is 35.5. The topological polar surface area (TPSA) is 83.6 Å². The number of amides is 2. The van der Waals surface area contributed by atoms with Crippen LogP contribution in [0.4, 0.5) is 5.69 Å². The third-order valence-electron chi connectivity index (χ3n) is 4.76. The molecule has 1 N–H and O–H groups in total. The maximum atomic E-state index is 13.1. The Bertz CT molecular complexity index is 1060. The molecule has 29 heavy (non-hydrogen) atoms. The maximum absolute atomic E-state index is 13.1. The van der Waals surface area contributed by atoms with E-state index in [2.05, 4.69) is 5.32 Å². The zero-order chi connectivity index (χ0) is 21.2. The number of nitrogens with zero attached hydrogens (tertiary/aromatic N) is 1. The number of carbonyl (C=O) groups is 2. The molecule has 0 saturated carbocycles. The second-order valence-electron chi connectivity index (χ2n) is 6.93. The first-order valence-electron chi connectivity index (χ1n) is 9.04. The highest BCUT2D eigenvalue weighted by Crippen LogP contribution is 2.26. The van der Waals surface area contributed by atoms with Gasteiger partial charge in [-0.1, -0.05) is 29.3 Å². The molecule has 1 fully saturated rings. The van der Waals surface area contributed by atoms with Crippen molar-refractivity contribution in [2.45, 2.75) is 30.2 Å². The summed E-state index contributed by atoms with van der Waals surface area (Å²) in [5.74, 6) is -0.694. The van der Waals surface area contributed by atoms with Gasteiger partial charge in [0.1, 0.15) is 6.04 Å². The Morgan fingerprint density at radius 2 is 1.83 bits per heavy atom. The van der Waals surface area contributed by atoms with Crippen LogP contribution in [0.2, 0.25) is 10.0 Å². The fraction of sp³-hybridized carbons (Fsp3) is 0.300. The zero-order valence-electron chi connectivity index (χ0n) is 15.7. The summed E-state index contributed by atoms with van der Waals surface area (Å²) >= 11 is 11.9. The van der Waals surface area contributed by atoms with Crippen molar-refractivity contribution in [2.24, 2.45) is 0 Å². The smallest absolute Gasteiger partial charge is 0.254 e. The first-order chi connectivity index (χ1) is 13.7. The number of carbonyl (C=O) groups excluding carboxylic acids is 2. The van der Waals surface area contributed by atoms with Crippen LogP contribution in [0.25, 0.3) is 0 Å². The van der Waals surface area contributed by atoms with Crippen molar-refractivity contribution in [3.05, 3.63) is 58.1 Å². The first-order valence-corrected chi connectivity index (χ1v) is 11.7. The van der Waals surface area contributed by atoms with Crippen LogP contribution in [0.3, 0.4) is 0 Å². The summed E-state index contributed by atoms with van der Waals surface area (Å²) in [4.78, 5) is 27.5. The fourth-order valence-electron chi connectivity index (χ4n) is 3.27. The number of anilines is 1. The zero-order valence-corrected chi connectivity index (χ0v) is 18.0. The Balaban J connectivity index is 1.82. The molecule has 0 radical (unpaired) electrons. The standard InChI is InChI=1S/C20H20Cl2N2O4S/c1-29(27,28)15-6-4-5-13(11-15)20(26)24-10-3-2-7-18(24)19(25)23-14-8-9-16(21)17(22)12-14/h4-6,8-9,11-12,18H,2-3,7,10H2,1H3,(H,23,25). The molecule has 1 saturated heterocycles. The SMILES string of the molecule is CS(=O)(=O)c1cccc(C(=O)N2CCCCC2C(=O)Nc2ccc(Cl)c(Cl)c2)c1. The van der Waals surface area contributed by atoms with Crippen LogP contribution in [0.15, 0.2) is 47.4 Å². The van der Waals surface area contributed by atoms with Crippen LogP contribution in [0.5, 0.6) is 0 Å². The molecule has 2 aromatic rings. The molecule has 6 nitrogen and oxygen atoms in total. The quantitative estimate of drug-likeness (QED) is 0.755. The third kappa shape index (κ3) is 5.10. The molecule has 0 bridgehead atoms. The van der Waals surface area contributed by atoms with E-state index < -0.39 is 15.9 Å². The monoisotopic (exact) mass is 454 g/mol. The van der Waals surface area contributed by atoms with Gasteiger partial charge in [0.2, 0.25) is 5.91 Å². The number of nitrogens with one attached hydrogen (secondary N) is 1. The van der Waals surface area contributed by atoms with E-state index in [0.717, 1.165) is 19.1 Å². The van der Waals surface area contributed by atoms with Gasteiger partial charge in [-0.25, -0.2) is 8.42 Å². The average molecular weight is 455 g/mol. The van der Waals surface area contributed by atoms with Crippen LogP contribution in [-0.2, 0) is 14.6 Å². The minimum atomic E-state index is -3.44. The molecule has 9 heteroatoms. The first kappa shape index (κ1) is 21.6. The van der Waals surface area contributed by atoms with Gasteiger partial charge in [0.15, 0.2) is 9.84 Å². The number of hydrogen-bond acceptors (Lipinski definition) is 4. The van der Waals surface area contributed by atoms with E-state index in [4.69, 9.17) is 23.2 Å². The van der Waals surface area contributed by atoms with Crippen molar-refractivity contribution < 1.29 is 18.0 Å². The van der Waals surface area contributed by atoms with Gasteiger partial charge < -0.3 is 10.2 Å². The number of halogens is 2. The number of sulfone groups is 1. The van der Waals surface area contributed by atoms with Crippen molar-refractivity contribution in [1.29, 1.82) is 0 Å². The molecule has 1 atom stereocenters. The summed E-state index contributed by atoms with van der Waals surface area (Å²) in [6.07, 6.45) is 3.19. The predicted molar refractivity (Wildman–Crippen MR) is 113 cm³/mol. The summed E-state index contributed by atoms with van der Waals surface area (Å²) in [6, 6.07) is 9.98. The Morgan fingerprint density at radius 1 is 1.07 bits per heavy atom. The maximum Gasteiger partial charge on any atom is 0.254 e. The Hall–Kier alpha value is -2.09. The lowest BCUT2D eigenvalue weighted by Gasteiger charge is -2.34. The van der Waals surface area contributed by atoms with Crippen LogP contribution < -0.4 is 5.32 Å². The predicted octanol–water partition coefficient (Wildman–Crippen LogP) is 4.03. The van der Waals surface area contributed by atoms with Crippen molar-refractivity contribution >= 4 is 50.5 Å². The molecule has 2 amide bonds. The summed E-state index contributed by atoms with van der Waals surface area (Å²) in [7, 11) is -3.44. The van der Waals surface area contributed by atoms with Crippen molar-refractivity contribution in [3.63, 3.8) is 0 Å². The normalized spacial score (nSPS) is 17.1. The number of rotatable bonds is 4. The third-order valence-corrected chi connectivity index (χ3v) is 6.61. The van der Waals surface area contributed by atoms with Gasteiger partial charge in [-0.05, 0) is 55.7 Å². The van der Waals surface area contributed by atoms with Gasteiger partial charge in [0.05, 0.1) is 14.9 Å². The molecule has 2 aromatic carbocycles. The van der Waals surface area contributed by atoms with E-state index in [1.54, 1.807) is 24.3 Å². The van der Waals surface area contributed by atoms with E-state index in [0.29, 0.717) is 28.7 Å². The van der Waals surface area contributed by atoms with Crippen LogP contribution in [-0.4, -0.2) is 44.0 Å².